The number of anilines is 3. The zero-order valence-electron chi connectivity index (χ0n) is 14.7. The van der Waals surface area contributed by atoms with Gasteiger partial charge in [-0.2, -0.15) is 0 Å². The Labute approximate surface area is 152 Å². The number of amides is 1. The third kappa shape index (κ3) is 4.36. The number of aromatic nitrogens is 2. The van der Waals surface area contributed by atoms with Crippen molar-refractivity contribution in [2.75, 3.05) is 17.2 Å². The maximum Gasteiger partial charge on any atom is 0.276 e. The van der Waals surface area contributed by atoms with Gasteiger partial charge in [0.25, 0.3) is 5.91 Å². The third-order valence-corrected chi connectivity index (χ3v) is 3.73. The number of nitrogens with zero attached hydrogens (tertiary/aromatic N) is 2. The van der Waals surface area contributed by atoms with Gasteiger partial charge in [-0.1, -0.05) is 18.2 Å². The summed E-state index contributed by atoms with van der Waals surface area (Å²) in [5, 5.41) is 14.0. The highest BCUT2D eigenvalue weighted by Crippen LogP contribution is 2.19. The average Bonchev–Trinajstić information content (AvgIpc) is 2.66. The first kappa shape index (κ1) is 17.4. The number of carbonyl (C=O) groups is 1. The number of para-hydroxylation sites is 1. The molecule has 132 valence electrons. The summed E-state index contributed by atoms with van der Waals surface area (Å²) in [4.78, 5) is 12.3. The highest BCUT2D eigenvalue weighted by molar-refractivity contribution is 6.02. The number of ether oxygens (including phenoxy) is 1. The van der Waals surface area contributed by atoms with Gasteiger partial charge in [0, 0.05) is 11.4 Å². The molecule has 1 amide bonds. The van der Waals surface area contributed by atoms with Crippen molar-refractivity contribution in [3.63, 3.8) is 0 Å². The van der Waals surface area contributed by atoms with E-state index in [1.54, 1.807) is 36.4 Å². The van der Waals surface area contributed by atoms with Gasteiger partial charge in [0.05, 0.1) is 6.61 Å². The van der Waals surface area contributed by atoms with Crippen molar-refractivity contribution in [3.05, 3.63) is 71.9 Å². The molecule has 3 aromatic rings. The summed E-state index contributed by atoms with van der Waals surface area (Å²) in [7, 11) is 0. The van der Waals surface area contributed by atoms with E-state index >= 15 is 0 Å². The van der Waals surface area contributed by atoms with E-state index in [1.807, 2.05) is 38.1 Å². The molecule has 0 bridgehead atoms. The third-order valence-electron chi connectivity index (χ3n) is 3.73. The monoisotopic (exact) mass is 348 g/mol. The Morgan fingerprint density at radius 3 is 2.42 bits per heavy atom. The molecule has 0 aliphatic carbocycles. The van der Waals surface area contributed by atoms with Gasteiger partial charge in [-0.3, -0.25) is 4.79 Å². The number of hydrogen-bond donors (Lipinski definition) is 2. The van der Waals surface area contributed by atoms with Crippen LogP contribution >= 0.6 is 0 Å². The molecule has 0 radical (unpaired) electrons. The second kappa shape index (κ2) is 8.11. The summed E-state index contributed by atoms with van der Waals surface area (Å²) in [5.74, 6) is 1.03. The number of carbonyl (C=O) groups excluding carboxylic acids is 1. The molecule has 0 aliphatic heterocycles. The fourth-order valence-electron chi connectivity index (χ4n) is 2.37. The van der Waals surface area contributed by atoms with Crippen molar-refractivity contribution in [2.24, 2.45) is 0 Å². The van der Waals surface area contributed by atoms with E-state index in [1.165, 1.54) is 0 Å². The van der Waals surface area contributed by atoms with Gasteiger partial charge in [-0.25, -0.2) is 0 Å². The Kier molecular flexibility index (Phi) is 5.43. The van der Waals surface area contributed by atoms with E-state index in [2.05, 4.69) is 20.8 Å². The highest BCUT2D eigenvalue weighted by Gasteiger charge is 2.09. The van der Waals surface area contributed by atoms with Gasteiger partial charge in [-0.05, 0) is 61.9 Å². The molecule has 6 nitrogen and oxygen atoms in total. The number of hydrogen-bond acceptors (Lipinski definition) is 5. The molecule has 0 saturated carbocycles. The predicted molar refractivity (Wildman–Crippen MR) is 102 cm³/mol. The Morgan fingerprint density at radius 2 is 1.77 bits per heavy atom. The van der Waals surface area contributed by atoms with Gasteiger partial charge in [-0.15, -0.1) is 10.2 Å². The minimum atomic E-state index is -0.316. The Morgan fingerprint density at radius 1 is 1.00 bits per heavy atom. The van der Waals surface area contributed by atoms with Crippen LogP contribution in [0.15, 0.2) is 60.7 Å². The van der Waals surface area contributed by atoms with E-state index in [0.717, 1.165) is 17.0 Å². The fraction of sp³-hybridized carbons (Fsp3) is 0.150. The minimum Gasteiger partial charge on any atom is -0.494 e. The summed E-state index contributed by atoms with van der Waals surface area (Å²) >= 11 is 0. The Balaban J connectivity index is 1.64. The van der Waals surface area contributed by atoms with Gasteiger partial charge in [0.1, 0.15) is 5.75 Å². The van der Waals surface area contributed by atoms with E-state index in [9.17, 15) is 4.79 Å². The smallest absolute Gasteiger partial charge is 0.276 e. The Bertz CT molecular complexity index is 877. The normalized spacial score (nSPS) is 10.2. The summed E-state index contributed by atoms with van der Waals surface area (Å²) in [5.41, 5.74) is 2.97. The van der Waals surface area contributed by atoms with Gasteiger partial charge < -0.3 is 15.4 Å². The van der Waals surface area contributed by atoms with Crippen LogP contribution < -0.4 is 15.4 Å². The lowest BCUT2D eigenvalue weighted by Gasteiger charge is -2.09. The van der Waals surface area contributed by atoms with E-state index in [-0.39, 0.29) is 11.6 Å². The lowest BCUT2D eigenvalue weighted by molar-refractivity contribution is 0.102. The van der Waals surface area contributed by atoms with E-state index < -0.39 is 0 Å². The standard InChI is InChI=1S/C20H20N4O2/c1-3-26-16-10-8-15(9-11-16)21-20(25)18-12-13-19(24-23-18)22-17-7-5-4-6-14(17)2/h4-13H,3H2,1-2H3,(H,21,25)(H,22,24). The van der Waals surface area contributed by atoms with Crippen molar-refractivity contribution in [1.29, 1.82) is 0 Å². The van der Waals surface area contributed by atoms with E-state index in [4.69, 9.17) is 4.74 Å². The second-order valence-electron chi connectivity index (χ2n) is 5.66. The molecule has 0 atom stereocenters. The largest absolute Gasteiger partial charge is 0.494 e. The van der Waals surface area contributed by atoms with Crippen molar-refractivity contribution < 1.29 is 9.53 Å². The number of aryl methyl sites for hydroxylation is 1. The molecular weight excluding hydrogens is 328 g/mol. The van der Waals surface area contributed by atoms with Crippen molar-refractivity contribution in [2.45, 2.75) is 13.8 Å². The van der Waals surface area contributed by atoms with E-state index in [0.29, 0.717) is 18.1 Å². The van der Waals surface area contributed by atoms with Crippen LogP contribution in [0, 0.1) is 6.92 Å². The van der Waals surface area contributed by atoms with Crippen LogP contribution in [0.2, 0.25) is 0 Å². The molecule has 3 rings (SSSR count). The highest BCUT2D eigenvalue weighted by atomic mass is 16.5. The number of nitrogens with one attached hydrogen (secondary N) is 2. The summed E-state index contributed by atoms with van der Waals surface area (Å²) in [6.45, 7) is 4.53. The van der Waals surface area contributed by atoms with Gasteiger partial charge in [0.2, 0.25) is 0 Å². The molecule has 0 saturated heterocycles. The molecular formula is C20H20N4O2. The maximum absolute atomic E-state index is 12.3. The average molecular weight is 348 g/mol. The fourth-order valence-corrected chi connectivity index (χ4v) is 2.37. The van der Waals surface area contributed by atoms with Crippen molar-refractivity contribution in [1.82, 2.24) is 10.2 Å². The van der Waals surface area contributed by atoms with Crippen LogP contribution in [0.25, 0.3) is 0 Å². The summed E-state index contributed by atoms with van der Waals surface area (Å²) in [6.07, 6.45) is 0. The van der Waals surface area contributed by atoms with Gasteiger partial charge >= 0.3 is 0 Å². The molecule has 0 unspecified atom stereocenters. The lowest BCUT2D eigenvalue weighted by atomic mass is 10.2. The lowest BCUT2D eigenvalue weighted by Crippen LogP contribution is -2.14. The van der Waals surface area contributed by atoms with Crippen LogP contribution in [-0.4, -0.2) is 22.7 Å². The molecule has 2 N–H and O–H groups in total. The quantitative estimate of drug-likeness (QED) is 0.699. The van der Waals surface area contributed by atoms with Gasteiger partial charge in [0.15, 0.2) is 11.5 Å². The molecule has 26 heavy (non-hydrogen) atoms. The zero-order valence-corrected chi connectivity index (χ0v) is 14.7. The maximum atomic E-state index is 12.3. The SMILES string of the molecule is CCOc1ccc(NC(=O)c2ccc(Nc3ccccc3C)nn2)cc1. The molecule has 0 fully saturated rings. The van der Waals surface area contributed by atoms with Crippen LogP contribution in [0.5, 0.6) is 5.75 Å². The molecule has 0 aliphatic rings. The van der Waals surface area contributed by atoms with Crippen molar-refractivity contribution in [3.8, 4) is 5.75 Å². The first-order chi connectivity index (χ1) is 12.7. The first-order valence-electron chi connectivity index (χ1n) is 8.36. The predicted octanol–water partition coefficient (Wildman–Crippen LogP) is 4.18. The summed E-state index contributed by atoms with van der Waals surface area (Å²) < 4.78 is 5.38. The molecule has 1 heterocycles. The minimum absolute atomic E-state index is 0.245. The molecule has 2 aromatic carbocycles. The van der Waals surface area contributed by atoms with Crippen LogP contribution in [0.3, 0.4) is 0 Å². The molecule has 6 heteroatoms. The zero-order chi connectivity index (χ0) is 18.4. The van der Waals surface area contributed by atoms with Crippen LogP contribution in [-0.2, 0) is 0 Å². The number of rotatable bonds is 6. The number of benzene rings is 2. The molecule has 0 spiro atoms. The summed E-state index contributed by atoms with van der Waals surface area (Å²) in [6, 6.07) is 18.4. The topological polar surface area (TPSA) is 76.1 Å². The van der Waals surface area contributed by atoms with Crippen molar-refractivity contribution >= 4 is 23.1 Å². The van der Waals surface area contributed by atoms with Crippen LogP contribution in [0.1, 0.15) is 23.0 Å². The first-order valence-corrected chi connectivity index (χ1v) is 8.36. The molecule has 1 aromatic heterocycles. The van der Waals surface area contributed by atoms with Crippen LogP contribution in [0.4, 0.5) is 17.2 Å². The Hall–Kier alpha value is -3.41. The second-order valence-corrected chi connectivity index (χ2v) is 5.66.